The molecule has 1 nitrogen and oxygen atoms in total. The van der Waals surface area contributed by atoms with E-state index in [0.717, 1.165) is 13.0 Å². The second-order valence-corrected chi connectivity index (χ2v) is 3.22. The minimum atomic E-state index is 0.687. The van der Waals surface area contributed by atoms with Crippen molar-refractivity contribution in [3.63, 3.8) is 0 Å². The van der Waals surface area contributed by atoms with Crippen LogP contribution in [0.3, 0.4) is 0 Å². The van der Waals surface area contributed by atoms with Crippen molar-refractivity contribution >= 4 is 0 Å². The number of hydrogen-bond acceptors (Lipinski definition) is 1. The number of nitrogens with one attached hydrogen (secondary N) is 1. The summed E-state index contributed by atoms with van der Waals surface area (Å²) in [6, 6.07) is 10.6. The first-order valence-corrected chi connectivity index (χ1v) is 4.39. The maximum absolute atomic E-state index is 3.21. The smallest absolute Gasteiger partial charge is 0.0208 e. The van der Waals surface area contributed by atoms with E-state index in [1.54, 1.807) is 0 Å². The van der Waals surface area contributed by atoms with Crippen LogP contribution in [0.2, 0.25) is 0 Å². The van der Waals surface area contributed by atoms with Gasteiger partial charge < -0.3 is 5.32 Å². The summed E-state index contributed by atoms with van der Waals surface area (Å²) in [6.45, 7) is 1.09. The molecule has 12 heavy (non-hydrogen) atoms. The average Bonchev–Trinajstić information content (AvgIpc) is 2.59. The largest absolute Gasteiger partial charge is 0.391 e. The molecule has 62 valence electrons. The molecule has 0 aromatic heterocycles. The van der Waals surface area contributed by atoms with E-state index in [4.69, 9.17) is 0 Å². The Labute approximate surface area is 73.1 Å². The van der Waals surface area contributed by atoms with E-state index in [1.807, 2.05) is 6.20 Å². The van der Waals surface area contributed by atoms with Crippen molar-refractivity contribution in [2.24, 2.45) is 5.92 Å². The Kier molecular flexibility index (Phi) is 2.12. The Morgan fingerprint density at radius 3 is 2.75 bits per heavy atom. The number of benzene rings is 1. The fraction of sp³-hybridized carbons (Fsp3) is 0.273. The molecule has 1 heterocycles. The summed E-state index contributed by atoms with van der Waals surface area (Å²) in [7, 11) is 0. The highest BCUT2D eigenvalue weighted by molar-refractivity contribution is 5.17. The first kappa shape index (κ1) is 7.41. The molecule has 0 radical (unpaired) electrons. The van der Waals surface area contributed by atoms with E-state index in [2.05, 4.69) is 41.7 Å². The van der Waals surface area contributed by atoms with Crippen molar-refractivity contribution in [3.8, 4) is 0 Å². The van der Waals surface area contributed by atoms with Crippen molar-refractivity contribution in [2.45, 2.75) is 6.42 Å². The highest BCUT2D eigenvalue weighted by Crippen LogP contribution is 2.11. The first-order valence-electron chi connectivity index (χ1n) is 4.39. The SMILES string of the molecule is C1=CC(Cc2ccccc2)CN1. The molecule has 1 atom stereocenters. The molecule has 0 amide bonds. The van der Waals surface area contributed by atoms with E-state index < -0.39 is 0 Å². The number of hydrogen-bond donors (Lipinski definition) is 1. The van der Waals surface area contributed by atoms with Crippen LogP contribution in [0.15, 0.2) is 42.6 Å². The van der Waals surface area contributed by atoms with Gasteiger partial charge in [0.2, 0.25) is 0 Å². The summed E-state index contributed by atoms with van der Waals surface area (Å²) >= 11 is 0. The Bertz CT molecular complexity index is 264. The highest BCUT2D eigenvalue weighted by atomic mass is 14.9. The maximum Gasteiger partial charge on any atom is 0.0208 e. The zero-order chi connectivity index (χ0) is 8.23. The van der Waals surface area contributed by atoms with E-state index in [-0.39, 0.29) is 0 Å². The zero-order valence-corrected chi connectivity index (χ0v) is 7.03. The molecule has 0 fully saturated rings. The fourth-order valence-electron chi connectivity index (χ4n) is 1.55. The second kappa shape index (κ2) is 3.44. The molecule has 1 unspecified atom stereocenters. The third-order valence-corrected chi connectivity index (χ3v) is 2.21. The quantitative estimate of drug-likeness (QED) is 0.695. The lowest BCUT2D eigenvalue weighted by atomic mass is 10.0. The molecule has 0 bridgehead atoms. The zero-order valence-electron chi connectivity index (χ0n) is 7.03. The normalized spacial score (nSPS) is 20.8. The average molecular weight is 159 g/mol. The second-order valence-electron chi connectivity index (χ2n) is 3.22. The Morgan fingerprint density at radius 1 is 1.25 bits per heavy atom. The lowest BCUT2D eigenvalue weighted by Crippen LogP contribution is -2.10. The monoisotopic (exact) mass is 159 g/mol. The summed E-state index contributed by atoms with van der Waals surface area (Å²) in [4.78, 5) is 0. The third kappa shape index (κ3) is 1.67. The molecule has 1 N–H and O–H groups in total. The molecule has 1 aromatic carbocycles. The molecule has 0 aliphatic carbocycles. The molecule has 0 spiro atoms. The van der Waals surface area contributed by atoms with Gasteiger partial charge in [0.1, 0.15) is 0 Å². The van der Waals surface area contributed by atoms with Crippen LogP contribution in [0, 0.1) is 5.92 Å². The topological polar surface area (TPSA) is 12.0 Å². The van der Waals surface area contributed by atoms with Crippen LogP contribution in [-0.4, -0.2) is 6.54 Å². The highest BCUT2D eigenvalue weighted by Gasteiger charge is 2.08. The van der Waals surface area contributed by atoms with Crippen LogP contribution >= 0.6 is 0 Å². The molecule has 1 aliphatic rings. The van der Waals surface area contributed by atoms with E-state index in [1.165, 1.54) is 5.56 Å². The van der Waals surface area contributed by atoms with Gasteiger partial charge in [0.05, 0.1) is 0 Å². The summed E-state index contributed by atoms with van der Waals surface area (Å²) in [5.41, 5.74) is 1.43. The Morgan fingerprint density at radius 2 is 2.08 bits per heavy atom. The fourth-order valence-corrected chi connectivity index (χ4v) is 1.55. The van der Waals surface area contributed by atoms with Crippen LogP contribution in [0.4, 0.5) is 0 Å². The molecule has 1 aromatic rings. The van der Waals surface area contributed by atoms with Gasteiger partial charge in [0, 0.05) is 6.54 Å². The maximum atomic E-state index is 3.21. The van der Waals surface area contributed by atoms with Crippen molar-refractivity contribution in [1.29, 1.82) is 0 Å². The molecule has 1 aliphatic heterocycles. The van der Waals surface area contributed by atoms with Crippen LogP contribution in [-0.2, 0) is 6.42 Å². The van der Waals surface area contributed by atoms with Crippen molar-refractivity contribution in [1.82, 2.24) is 5.32 Å². The summed E-state index contributed by atoms with van der Waals surface area (Å²) in [5.74, 6) is 0.687. The lowest BCUT2D eigenvalue weighted by Gasteiger charge is -2.06. The standard InChI is InChI=1S/C11H13N/c1-2-4-10(5-3-1)8-11-6-7-12-9-11/h1-7,11-12H,8-9H2. The van der Waals surface area contributed by atoms with Gasteiger partial charge in [-0.3, -0.25) is 0 Å². The minimum Gasteiger partial charge on any atom is -0.391 e. The van der Waals surface area contributed by atoms with Gasteiger partial charge in [-0.05, 0) is 24.1 Å². The molecule has 1 heteroatoms. The molecule has 0 saturated heterocycles. The predicted octanol–water partition coefficient (Wildman–Crippen LogP) is 1.96. The van der Waals surface area contributed by atoms with Crippen LogP contribution in [0.5, 0.6) is 0 Å². The van der Waals surface area contributed by atoms with Gasteiger partial charge in [-0.25, -0.2) is 0 Å². The molecule has 0 saturated carbocycles. The van der Waals surface area contributed by atoms with Gasteiger partial charge in [0.15, 0.2) is 0 Å². The number of rotatable bonds is 2. The van der Waals surface area contributed by atoms with Crippen molar-refractivity contribution in [2.75, 3.05) is 6.54 Å². The summed E-state index contributed by atoms with van der Waals surface area (Å²) < 4.78 is 0. The van der Waals surface area contributed by atoms with Gasteiger partial charge in [-0.2, -0.15) is 0 Å². The summed E-state index contributed by atoms with van der Waals surface area (Å²) in [6.07, 6.45) is 5.45. The Balaban J connectivity index is 1.99. The van der Waals surface area contributed by atoms with E-state index in [9.17, 15) is 0 Å². The lowest BCUT2D eigenvalue weighted by molar-refractivity contribution is 0.653. The molecular weight excluding hydrogens is 146 g/mol. The predicted molar refractivity (Wildman–Crippen MR) is 50.8 cm³/mol. The third-order valence-electron chi connectivity index (χ3n) is 2.21. The van der Waals surface area contributed by atoms with Gasteiger partial charge >= 0.3 is 0 Å². The Hall–Kier alpha value is -1.24. The van der Waals surface area contributed by atoms with Gasteiger partial charge in [-0.15, -0.1) is 0 Å². The first-order chi connectivity index (χ1) is 5.95. The van der Waals surface area contributed by atoms with Gasteiger partial charge in [-0.1, -0.05) is 36.4 Å². The minimum absolute atomic E-state index is 0.687. The van der Waals surface area contributed by atoms with Crippen LogP contribution < -0.4 is 5.32 Å². The van der Waals surface area contributed by atoms with E-state index in [0.29, 0.717) is 5.92 Å². The van der Waals surface area contributed by atoms with E-state index >= 15 is 0 Å². The van der Waals surface area contributed by atoms with Gasteiger partial charge in [0.25, 0.3) is 0 Å². The van der Waals surface area contributed by atoms with Crippen LogP contribution in [0.1, 0.15) is 5.56 Å². The van der Waals surface area contributed by atoms with Crippen LogP contribution in [0.25, 0.3) is 0 Å². The summed E-state index contributed by atoms with van der Waals surface area (Å²) in [5, 5.41) is 3.21. The van der Waals surface area contributed by atoms with Crippen molar-refractivity contribution < 1.29 is 0 Å². The molecular formula is C11H13N. The molecule has 2 rings (SSSR count). The van der Waals surface area contributed by atoms with Crippen molar-refractivity contribution in [3.05, 3.63) is 48.2 Å².